The lowest BCUT2D eigenvalue weighted by molar-refractivity contribution is -0.384. The molecule has 0 amide bonds. The number of alkyl halides is 3. The molecule has 0 saturated heterocycles. The van der Waals surface area contributed by atoms with Crippen molar-refractivity contribution in [2.45, 2.75) is 39.0 Å². The number of hydrogen-bond acceptors (Lipinski definition) is 6. The molecular weight excluding hydrogens is 351 g/mol. The minimum absolute atomic E-state index is 0.0235. The van der Waals surface area contributed by atoms with Gasteiger partial charge in [-0.2, -0.15) is 18.2 Å². The Balaban J connectivity index is 2.23. The summed E-state index contributed by atoms with van der Waals surface area (Å²) in [5.74, 6) is -0.152. The molecule has 26 heavy (non-hydrogen) atoms. The van der Waals surface area contributed by atoms with Gasteiger partial charge in [-0.05, 0) is 18.9 Å². The van der Waals surface area contributed by atoms with Crippen molar-refractivity contribution < 1.29 is 18.1 Å². The highest BCUT2D eigenvalue weighted by atomic mass is 19.4. The van der Waals surface area contributed by atoms with Crippen LogP contribution in [0.25, 0.3) is 0 Å². The van der Waals surface area contributed by atoms with E-state index in [4.69, 9.17) is 0 Å². The number of nitro groups is 1. The van der Waals surface area contributed by atoms with Crippen LogP contribution in [-0.4, -0.2) is 20.9 Å². The van der Waals surface area contributed by atoms with Gasteiger partial charge in [0.15, 0.2) is 5.69 Å². The number of nitrogens with one attached hydrogen (secondary N) is 2. The molecule has 2 N–H and O–H groups in total. The molecule has 1 aromatic heterocycles. The van der Waals surface area contributed by atoms with Crippen molar-refractivity contribution >= 4 is 17.5 Å². The molecule has 0 saturated carbocycles. The van der Waals surface area contributed by atoms with Gasteiger partial charge in [0, 0.05) is 30.8 Å². The van der Waals surface area contributed by atoms with Crippen LogP contribution in [0.1, 0.15) is 31.5 Å². The van der Waals surface area contributed by atoms with E-state index in [1.807, 2.05) is 6.92 Å². The summed E-state index contributed by atoms with van der Waals surface area (Å²) in [7, 11) is 0. The molecule has 2 rings (SSSR count). The third-order valence-electron chi connectivity index (χ3n) is 3.60. The smallest absolute Gasteiger partial charge is 0.366 e. The van der Waals surface area contributed by atoms with Crippen LogP contribution in [0.5, 0.6) is 0 Å². The van der Waals surface area contributed by atoms with E-state index in [0.717, 1.165) is 6.07 Å². The number of rotatable bonds is 7. The van der Waals surface area contributed by atoms with E-state index in [2.05, 4.69) is 20.6 Å². The Morgan fingerprint density at radius 3 is 2.62 bits per heavy atom. The lowest BCUT2D eigenvalue weighted by Gasteiger charge is -2.15. The van der Waals surface area contributed by atoms with Gasteiger partial charge in [-0.3, -0.25) is 10.1 Å². The first-order valence-corrected chi connectivity index (χ1v) is 7.89. The molecule has 0 aliphatic carbocycles. The van der Waals surface area contributed by atoms with Crippen LogP contribution in [0.15, 0.2) is 30.3 Å². The van der Waals surface area contributed by atoms with E-state index in [0.29, 0.717) is 12.0 Å². The SMILES string of the molecule is CC[C@H](C)Nc1nc(NCc2cccc([N+](=O)[O-])c2)cc(C(F)(F)F)n1. The molecular formula is C16H18F3N5O2. The van der Waals surface area contributed by atoms with E-state index in [9.17, 15) is 23.3 Å². The second-order valence-electron chi connectivity index (χ2n) is 5.69. The van der Waals surface area contributed by atoms with Crippen molar-refractivity contribution in [2.75, 3.05) is 10.6 Å². The Labute approximate surface area is 147 Å². The molecule has 0 spiro atoms. The van der Waals surface area contributed by atoms with E-state index in [1.54, 1.807) is 13.0 Å². The molecule has 1 heterocycles. The number of hydrogen-bond donors (Lipinski definition) is 2. The Bertz CT molecular complexity index is 783. The minimum Gasteiger partial charge on any atom is -0.366 e. The molecule has 1 aromatic carbocycles. The Morgan fingerprint density at radius 1 is 1.27 bits per heavy atom. The van der Waals surface area contributed by atoms with Gasteiger partial charge in [0.25, 0.3) is 5.69 Å². The normalized spacial score (nSPS) is 12.5. The van der Waals surface area contributed by atoms with Gasteiger partial charge in [0.2, 0.25) is 5.95 Å². The predicted molar refractivity (Wildman–Crippen MR) is 90.8 cm³/mol. The lowest BCUT2D eigenvalue weighted by Crippen LogP contribution is -2.19. The number of non-ortho nitro benzene ring substituents is 1. The molecule has 0 bridgehead atoms. The molecule has 0 aliphatic rings. The second kappa shape index (κ2) is 7.98. The maximum absolute atomic E-state index is 13.1. The summed E-state index contributed by atoms with van der Waals surface area (Å²) in [6, 6.07) is 6.53. The Kier molecular flexibility index (Phi) is 5.96. The van der Waals surface area contributed by atoms with Crippen LogP contribution in [0.4, 0.5) is 30.6 Å². The standard InChI is InChI=1S/C16H18F3N5O2/c1-3-10(2)21-15-22-13(16(17,18)19)8-14(23-15)20-9-11-5-4-6-12(7-11)24(25)26/h4-8,10H,3,9H2,1-2H3,(H2,20,21,22,23)/t10-/m0/s1. The minimum atomic E-state index is -4.61. The summed E-state index contributed by atoms with van der Waals surface area (Å²) >= 11 is 0. The highest BCUT2D eigenvalue weighted by Crippen LogP contribution is 2.30. The number of anilines is 2. The summed E-state index contributed by atoms with van der Waals surface area (Å²) in [5, 5.41) is 16.4. The van der Waals surface area contributed by atoms with Crippen molar-refractivity contribution in [3.8, 4) is 0 Å². The fraction of sp³-hybridized carbons (Fsp3) is 0.375. The summed E-state index contributed by atoms with van der Waals surface area (Å²) < 4.78 is 39.2. The number of benzene rings is 1. The number of nitrogens with zero attached hydrogens (tertiary/aromatic N) is 3. The van der Waals surface area contributed by atoms with Crippen molar-refractivity contribution in [1.29, 1.82) is 0 Å². The maximum atomic E-state index is 13.1. The average molecular weight is 369 g/mol. The van der Waals surface area contributed by atoms with Gasteiger partial charge in [0.1, 0.15) is 5.82 Å². The number of aromatic nitrogens is 2. The lowest BCUT2D eigenvalue weighted by atomic mass is 10.2. The number of halogens is 3. The van der Waals surface area contributed by atoms with E-state index >= 15 is 0 Å². The monoisotopic (exact) mass is 369 g/mol. The van der Waals surface area contributed by atoms with Crippen LogP contribution < -0.4 is 10.6 Å². The van der Waals surface area contributed by atoms with Gasteiger partial charge in [0.05, 0.1) is 4.92 Å². The van der Waals surface area contributed by atoms with Crippen LogP contribution in [0.2, 0.25) is 0 Å². The van der Waals surface area contributed by atoms with Gasteiger partial charge < -0.3 is 10.6 Å². The van der Waals surface area contributed by atoms with E-state index in [1.165, 1.54) is 18.2 Å². The van der Waals surface area contributed by atoms with Crippen LogP contribution in [0.3, 0.4) is 0 Å². The zero-order chi connectivity index (χ0) is 19.3. The summed E-state index contributed by atoms with van der Waals surface area (Å²) in [6.45, 7) is 3.77. The first-order valence-electron chi connectivity index (χ1n) is 7.89. The molecule has 140 valence electrons. The zero-order valence-corrected chi connectivity index (χ0v) is 14.2. The van der Waals surface area contributed by atoms with Crippen molar-refractivity contribution in [3.63, 3.8) is 0 Å². The topological polar surface area (TPSA) is 93.0 Å². The highest BCUT2D eigenvalue weighted by Gasteiger charge is 2.33. The van der Waals surface area contributed by atoms with Crippen LogP contribution in [-0.2, 0) is 12.7 Å². The van der Waals surface area contributed by atoms with Gasteiger partial charge in [-0.1, -0.05) is 19.1 Å². The van der Waals surface area contributed by atoms with Gasteiger partial charge >= 0.3 is 6.18 Å². The van der Waals surface area contributed by atoms with E-state index < -0.39 is 16.8 Å². The first-order chi connectivity index (χ1) is 12.2. The van der Waals surface area contributed by atoms with Crippen molar-refractivity contribution in [1.82, 2.24) is 9.97 Å². The van der Waals surface area contributed by atoms with Crippen molar-refractivity contribution in [2.24, 2.45) is 0 Å². The molecule has 0 fully saturated rings. The maximum Gasteiger partial charge on any atom is 0.433 e. The van der Waals surface area contributed by atoms with Crippen molar-refractivity contribution in [3.05, 3.63) is 51.7 Å². The largest absolute Gasteiger partial charge is 0.433 e. The molecule has 2 aromatic rings. The molecule has 0 aliphatic heterocycles. The molecule has 0 radical (unpaired) electrons. The molecule has 7 nitrogen and oxygen atoms in total. The Morgan fingerprint density at radius 2 is 2.00 bits per heavy atom. The fourth-order valence-corrected chi connectivity index (χ4v) is 2.04. The van der Waals surface area contributed by atoms with Gasteiger partial charge in [-0.25, -0.2) is 4.98 Å². The van der Waals surface area contributed by atoms with Gasteiger partial charge in [-0.15, -0.1) is 0 Å². The summed E-state index contributed by atoms with van der Waals surface area (Å²) in [4.78, 5) is 17.8. The average Bonchev–Trinajstić information content (AvgIpc) is 2.59. The predicted octanol–water partition coefficient (Wildman–Crippen LogP) is 4.23. The third kappa shape index (κ3) is 5.30. The van der Waals surface area contributed by atoms with Crippen LogP contribution >= 0.6 is 0 Å². The van der Waals surface area contributed by atoms with Crippen LogP contribution in [0, 0.1) is 10.1 Å². The molecule has 0 unspecified atom stereocenters. The van der Waals surface area contributed by atoms with E-state index in [-0.39, 0.29) is 30.0 Å². The third-order valence-corrected chi connectivity index (χ3v) is 3.60. The zero-order valence-electron chi connectivity index (χ0n) is 14.2. The summed E-state index contributed by atoms with van der Waals surface area (Å²) in [6.07, 6.45) is -3.92. The Hall–Kier alpha value is -2.91. The highest BCUT2D eigenvalue weighted by molar-refractivity contribution is 5.45. The molecule has 10 heteroatoms. The quantitative estimate of drug-likeness (QED) is 0.560. The number of nitro benzene ring substituents is 1. The first kappa shape index (κ1) is 19.4. The summed E-state index contributed by atoms with van der Waals surface area (Å²) in [5.41, 5.74) is -0.621. The molecule has 1 atom stereocenters. The second-order valence-corrected chi connectivity index (χ2v) is 5.69. The fourth-order valence-electron chi connectivity index (χ4n) is 2.04.